The molecule has 28 heavy (non-hydrogen) atoms. The molecule has 0 unspecified atom stereocenters. The lowest BCUT2D eigenvalue weighted by molar-refractivity contribution is 0.0556. The fourth-order valence-corrected chi connectivity index (χ4v) is 6.39. The van der Waals surface area contributed by atoms with Crippen LogP contribution in [0, 0.1) is 28.6 Å². The number of aryl methyl sites for hydroxylation is 1. The number of rotatable bonds is 5. The van der Waals surface area contributed by atoms with Crippen LogP contribution in [0.2, 0.25) is 0 Å². The summed E-state index contributed by atoms with van der Waals surface area (Å²) >= 11 is 2.53. The quantitative estimate of drug-likeness (QED) is 0.350. The normalized spacial score (nSPS) is 28.7. The minimum Gasteiger partial charge on any atom is -0.489 e. The highest BCUT2D eigenvalue weighted by atomic mass is 127. The molecule has 1 fully saturated rings. The van der Waals surface area contributed by atoms with Crippen molar-refractivity contribution in [2.24, 2.45) is 17.3 Å². The van der Waals surface area contributed by atoms with Crippen molar-refractivity contribution in [2.45, 2.75) is 51.6 Å². The van der Waals surface area contributed by atoms with Crippen LogP contribution < -0.4 is 4.74 Å². The first-order valence-corrected chi connectivity index (χ1v) is 11.9. The molecule has 4 rings (SSSR count). The van der Waals surface area contributed by atoms with Crippen LogP contribution in [0.15, 0.2) is 48.5 Å². The number of nitrogens with zero attached hydrogens (tertiary/aromatic N) is 1. The largest absolute Gasteiger partial charge is 0.489 e. The fourth-order valence-electron chi connectivity index (χ4n) is 5.45. The Kier molecular flexibility index (Phi) is 5.96. The molecule has 2 aromatic rings. The van der Waals surface area contributed by atoms with Crippen molar-refractivity contribution in [2.75, 3.05) is 4.43 Å². The maximum absolute atomic E-state index is 9.45. The van der Waals surface area contributed by atoms with Gasteiger partial charge in [0, 0.05) is 10.8 Å². The van der Waals surface area contributed by atoms with E-state index in [1.165, 1.54) is 36.0 Å². The second kappa shape index (κ2) is 8.45. The van der Waals surface area contributed by atoms with Crippen molar-refractivity contribution >= 4 is 22.6 Å². The number of alkyl halides is 1. The molecule has 0 aromatic heterocycles. The summed E-state index contributed by atoms with van der Waals surface area (Å²) in [5.41, 5.74) is 4.49. The molecule has 2 nitrogen and oxygen atoms in total. The number of halogens is 1. The highest BCUT2D eigenvalue weighted by molar-refractivity contribution is 14.1. The van der Waals surface area contributed by atoms with E-state index in [2.05, 4.69) is 78.0 Å². The molecular weight excluding hydrogens is 457 g/mol. The SMILES string of the molecule is C[C@]1(CI)CC[C@@H]2c3ccc(OCc4ccccc4)cc3CC[C@H]2[C@@H]1CC#N. The molecule has 0 heterocycles. The number of fused-ring (bicyclic) bond motifs is 3. The van der Waals surface area contributed by atoms with Gasteiger partial charge in [-0.15, -0.1) is 0 Å². The van der Waals surface area contributed by atoms with E-state index in [-0.39, 0.29) is 0 Å². The van der Waals surface area contributed by atoms with E-state index < -0.39 is 0 Å². The number of ether oxygens (including phenoxy) is 1. The van der Waals surface area contributed by atoms with Crippen molar-refractivity contribution in [1.82, 2.24) is 0 Å². The fraction of sp³-hybridized carbons (Fsp3) is 0.480. The summed E-state index contributed by atoms with van der Waals surface area (Å²) in [4.78, 5) is 0. The molecule has 3 heteroatoms. The smallest absolute Gasteiger partial charge is 0.120 e. The van der Waals surface area contributed by atoms with Gasteiger partial charge in [0.15, 0.2) is 0 Å². The zero-order valence-electron chi connectivity index (χ0n) is 16.5. The lowest BCUT2D eigenvalue weighted by atomic mass is 9.54. The van der Waals surface area contributed by atoms with Crippen molar-refractivity contribution < 1.29 is 4.74 Å². The van der Waals surface area contributed by atoms with Gasteiger partial charge in [0.1, 0.15) is 12.4 Å². The Balaban J connectivity index is 1.53. The van der Waals surface area contributed by atoms with E-state index in [1.54, 1.807) is 0 Å². The summed E-state index contributed by atoms with van der Waals surface area (Å²) < 4.78 is 7.21. The summed E-state index contributed by atoms with van der Waals surface area (Å²) in [6, 6.07) is 19.6. The predicted octanol–water partition coefficient (Wildman–Crippen LogP) is 6.68. The average Bonchev–Trinajstić information content (AvgIpc) is 2.74. The summed E-state index contributed by atoms with van der Waals surface area (Å²) in [7, 11) is 0. The zero-order valence-corrected chi connectivity index (χ0v) is 18.7. The van der Waals surface area contributed by atoms with Gasteiger partial charge in [0.2, 0.25) is 0 Å². The maximum Gasteiger partial charge on any atom is 0.120 e. The van der Waals surface area contributed by atoms with Gasteiger partial charge in [-0.1, -0.05) is 65.9 Å². The Morgan fingerprint density at radius 1 is 1.18 bits per heavy atom. The molecule has 0 amide bonds. The summed E-state index contributed by atoms with van der Waals surface area (Å²) in [5, 5.41) is 9.45. The third-order valence-corrected chi connectivity index (χ3v) is 8.82. The Labute approximate surface area is 182 Å². The number of benzene rings is 2. The molecular formula is C25H28INO. The number of hydrogen-bond donors (Lipinski definition) is 0. The zero-order chi connectivity index (χ0) is 19.6. The van der Waals surface area contributed by atoms with Gasteiger partial charge < -0.3 is 4.74 Å². The van der Waals surface area contributed by atoms with E-state index in [0.717, 1.165) is 16.6 Å². The van der Waals surface area contributed by atoms with Crippen LogP contribution in [0.1, 0.15) is 55.2 Å². The lowest BCUT2D eigenvalue weighted by Crippen LogP contribution is -2.43. The van der Waals surface area contributed by atoms with Crippen LogP contribution in [0.5, 0.6) is 5.75 Å². The summed E-state index contributed by atoms with van der Waals surface area (Å²) in [6.07, 6.45) is 5.50. The topological polar surface area (TPSA) is 33.0 Å². The molecule has 1 saturated carbocycles. The molecule has 0 spiro atoms. The third-order valence-electron chi connectivity index (χ3n) is 7.08. The molecule has 0 radical (unpaired) electrons. The van der Waals surface area contributed by atoms with Crippen molar-refractivity contribution in [3.8, 4) is 11.8 Å². The molecule has 0 bridgehead atoms. The number of hydrogen-bond acceptors (Lipinski definition) is 2. The molecule has 0 saturated heterocycles. The Morgan fingerprint density at radius 2 is 2.00 bits per heavy atom. The van der Waals surface area contributed by atoms with Crippen LogP contribution in [0.25, 0.3) is 0 Å². The van der Waals surface area contributed by atoms with E-state index in [0.29, 0.717) is 36.2 Å². The molecule has 0 aliphatic heterocycles. The summed E-state index contributed by atoms with van der Waals surface area (Å²) in [6.45, 7) is 3.03. The van der Waals surface area contributed by atoms with Gasteiger partial charge in [-0.25, -0.2) is 0 Å². The van der Waals surface area contributed by atoms with Crippen LogP contribution in [-0.2, 0) is 13.0 Å². The second-order valence-electron chi connectivity index (χ2n) is 8.74. The maximum atomic E-state index is 9.45. The van der Waals surface area contributed by atoms with Gasteiger partial charge in [0.05, 0.1) is 6.07 Å². The lowest BCUT2D eigenvalue weighted by Gasteiger charge is -2.51. The Hall–Kier alpha value is -1.54. The van der Waals surface area contributed by atoms with Gasteiger partial charge in [0.25, 0.3) is 0 Å². The van der Waals surface area contributed by atoms with Gasteiger partial charge in [-0.3, -0.25) is 0 Å². The minimum absolute atomic E-state index is 0.313. The molecule has 4 atom stereocenters. The Bertz CT molecular complexity index is 859. The molecule has 0 N–H and O–H groups in total. The van der Waals surface area contributed by atoms with Gasteiger partial charge in [-0.2, -0.15) is 5.26 Å². The van der Waals surface area contributed by atoms with Gasteiger partial charge >= 0.3 is 0 Å². The highest BCUT2D eigenvalue weighted by Crippen LogP contribution is 2.56. The molecule has 2 aromatic carbocycles. The predicted molar refractivity (Wildman–Crippen MR) is 122 cm³/mol. The highest BCUT2D eigenvalue weighted by Gasteiger charge is 2.47. The monoisotopic (exact) mass is 485 g/mol. The van der Waals surface area contributed by atoms with E-state index in [9.17, 15) is 5.26 Å². The first-order valence-electron chi connectivity index (χ1n) is 10.4. The molecule has 146 valence electrons. The van der Waals surface area contributed by atoms with E-state index in [1.807, 2.05) is 6.07 Å². The first-order chi connectivity index (χ1) is 13.6. The Morgan fingerprint density at radius 3 is 2.75 bits per heavy atom. The molecule has 2 aliphatic carbocycles. The van der Waals surface area contributed by atoms with Crippen LogP contribution in [0.3, 0.4) is 0 Å². The van der Waals surface area contributed by atoms with Crippen LogP contribution in [0.4, 0.5) is 0 Å². The van der Waals surface area contributed by atoms with Crippen LogP contribution >= 0.6 is 22.6 Å². The van der Waals surface area contributed by atoms with Crippen LogP contribution in [-0.4, -0.2) is 4.43 Å². The van der Waals surface area contributed by atoms with Crippen molar-refractivity contribution in [3.63, 3.8) is 0 Å². The standard InChI is InChI=1S/C25H28INO/c1-25(17-26)13-11-22-21-10-8-20(28-16-18-5-3-2-4-6-18)15-19(21)7-9-23(22)24(25)12-14-27/h2-6,8,10,15,22-24H,7,9,11-13,16-17H2,1H3/t22-,23-,24+,25-/m1/s1. The van der Waals surface area contributed by atoms with E-state index >= 15 is 0 Å². The first kappa shape index (κ1) is 19.8. The van der Waals surface area contributed by atoms with Gasteiger partial charge in [-0.05, 0) is 77.7 Å². The molecule has 2 aliphatic rings. The number of nitriles is 1. The summed E-state index contributed by atoms with van der Waals surface area (Å²) in [5.74, 6) is 2.76. The second-order valence-corrected chi connectivity index (χ2v) is 9.50. The van der Waals surface area contributed by atoms with Crippen molar-refractivity contribution in [3.05, 3.63) is 65.2 Å². The van der Waals surface area contributed by atoms with Crippen molar-refractivity contribution in [1.29, 1.82) is 5.26 Å². The van der Waals surface area contributed by atoms with E-state index in [4.69, 9.17) is 4.74 Å². The minimum atomic E-state index is 0.313. The third kappa shape index (κ3) is 3.81. The average molecular weight is 485 g/mol.